The number of likely N-dealkylation sites (tertiary alicyclic amines) is 1. The van der Waals surface area contributed by atoms with E-state index in [1.807, 2.05) is 0 Å². The van der Waals surface area contributed by atoms with Gasteiger partial charge in [-0.1, -0.05) is 0 Å². The fourth-order valence-electron chi connectivity index (χ4n) is 3.01. The average Bonchev–Trinajstić information content (AvgIpc) is 2.82. The van der Waals surface area contributed by atoms with E-state index < -0.39 is 6.03 Å². The van der Waals surface area contributed by atoms with Crippen molar-refractivity contribution in [3.8, 4) is 0 Å². The minimum atomic E-state index is -0.773. The Labute approximate surface area is 107 Å². The molecule has 2 aliphatic heterocycles. The van der Waals surface area contributed by atoms with E-state index in [1.165, 1.54) is 12.8 Å². The SMILES string of the molecule is NC(=O)NC(=O)CN1CCC(C2CCCN2)CC1. The van der Waals surface area contributed by atoms with Crippen LogP contribution in [0.15, 0.2) is 0 Å². The lowest BCUT2D eigenvalue weighted by Gasteiger charge is -2.34. The first-order valence-electron chi connectivity index (χ1n) is 6.70. The molecule has 2 heterocycles. The van der Waals surface area contributed by atoms with Gasteiger partial charge in [0.15, 0.2) is 0 Å². The van der Waals surface area contributed by atoms with Crippen molar-refractivity contribution in [2.24, 2.45) is 11.7 Å². The molecule has 6 heteroatoms. The molecular weight excluding hydrogens is 232 g/mol. The van der Waals surface area contributed by atoms with Crippen LogP contribution in [0, 0.1) is 5.92 Å². The van der Waals surface area contributed by atoms with Crippen LogP contribution in [-0.4, -0.2) is 49.1 Å². The number of primary amides is 1. The first-order valence-corrected chi connectivity index (χ1v) is 6.70. The summed E-state index contributed by atoms with van der Waals surface area (Å²) in [6.45, 7) is 3.27. The third-order valence-corrected chi connectivity index (χ3v) is 3.93. The number of urea groups is 1. The number of nitrogens with zero attached hydrogens (tertiary/aromatic N) is 1. The minimum Gasteiger partial charge on any atom is -0.351 e. The molecule has 0 radical (unpaired) electrons. The van der Waals surface area contributed by atoms with Gasteiger partial charge in [-0.15, -0.1) is 0 Å². The fourth-order valence-corrected chi connectivity index (χ4v) is 3.01. The van der Waals surface area contributed by atoms with Crippen molar-refractivity contribution in [3.05, 3.63) is 0 Å². The number of carbonyl (C=O) groups excluding carboxylic acids is 2. The van der Waals surface area contributed by atoms with Crippen molar-refractivity contribution in [1.82, 2.24) is 15.5 Å². The summed E-state index contributed by atoms with van der Waals surface area (Å²) in [6, 6.07) is -0.100. The molecule has 1 unspecified atom stereocenters. The minimum absolute atomic E-state index is 0.272. The molecule has 102 valence electrons. The van der Waals surface area contributed by atoms with E-state index in [0.717, 1.165) is 38.4 Å². The standard InChI is InChI=1S/C12H22N4O2/c13-12(18)15-11(17)8-16-6-3-9(4-7-16)10-2-1-5-14-10/h9-10,14H,1-8H2,(H3,13,15,17,18). The Morgan fingerprint density at radius 3 is 2.56 bits per heavy atom. The third-order valence-electron chi connectivity index (χ3n) is 3.93. The van der Waals surface area contributed by atoms with Gasteiger partial charge in [-0.2, -0.15) is 0 Å². The first-order chi connectivity index (χ1) is 8.65. The molecule has 0 aliphatic carbocycles. The highest BCUT2D eigenvalue weighted by Crippen LogP contribution is 2.25. The number of hydrogen-bond donors (Lipinski definition) is 3. The second-order valence-corrected chi connectivity index (χ2v) is 5.23. The van der Waals surface area contributed by atoms with Gasteiger partial charge in [0.2, 0.25) is 5.91 Å². The summed E-state index contributed by atoms with van der Waals surface area (Å²) in [6.07, 6.45) is 4.82. The molecule has 0 bridgehead atoms. The lowest BCUT2D eigenvalue weighted by atomic mass is 9.88. The maximum absolute atomic E-state index is 11.4. The fraction of sp³-hybridized carbons (Fsp3) is 0.833. The predicted octanol–water partition coefficient (Wildman–Crippen LogP) is -0.355. The molecule has 0 aromatic rings. The maximum atomic E-state index is 11.4. The summed E-state index contributed by atoms with van der Waals surface area (Å²) in [5, 5.41) is 5.65. The van der Waals surface area contributed by atoms with E-state index >= 15 is 0 Å². The summed E-state index contributed by atoms with van der Waals surface area (Å²) in [5.74, 6) is 0.433. The number of nitrogens with one attached hydrogen (secondary N) is 2. The van der Waals surface area contributed by atoms with Gasteiger partial charge in [-0.25, -0.2) is 4.79 Å². The largest absolute Gasteiger partial charge is 0.351 e. The smallest absolute Gasteiger partial charge is 0.318 e. The van der Waals surface area contributed by atoms with Crippen LogP contribution in [0.25, 0.3) is 0 Å². The Hall–Kier alpha value is -1.14. The lowest BCUT2D eigenvalue weighted by Crippen LogP contribution is -2.46. The Morgan fingerprint density at radius 1 is 1.28 bits per heavy atom. The summed E-state index contributed by atoms with van der Waals surface area (Å²) < 4.78 is 0. The number of amides is 3. The molecule has 0 saturated carbocycles. The van der Waals surface area contributed by atoms with E-state index in [-0.39, 0.29) is 12.5 Å². The Morgan fingerprint density at radius 2 is 2.00 bits per heavy atom. The van der Waals surface area contributed by atoms with E-state index in [0.29, 0.717) is 6.04 Å². The molecule has 3 amide bonds. The molecule has 2 fully saturated rings. The second kappa shape index (κ2) is 6.15. The molecule has 4 N–H and O–H groups in total. The molecule has 6 nitrogen and oxygen atoms in total. The van der Waals surface area contributed by atoms with Gasteiger partial charge in [0.25, 0.3) is 0 Å². The van der Waals surface area contributed by atoms with E-state index in [1.54, 1.807) is 0 Å². The summed E-state index contributed by atoms with van der Waals surface area (Å²) in [7, 11) is 0. The second-order valence-electron chi connectivity index (χ2n) is 5.23. The molecule has 0 spiro atoms. The highest BCUT2D eigenvalue weighted by atomic mass is 16.2. The van der Waals surface area contributed by atoms with Gasteiger partial charge in [0.05, 0.1) is 6.54 Å². The van der Waals surface area contributed by atoms with Crippen molar-refractivity contribution < 1.29 is 9.59 Å². The summed E-state index contributed by atoms with van der Waals surface area (Å²) in [5.41, 5.74) is 4.91. The third kappa shape index (κ3) is 3.68. The zero-order valence-corrected chi connectivity index (χ0v) is 10.7. The molecule has 0 aromatic heterocycles. The number of imide groups is 1. The number of nitrogens with two attached hydrogens (primary N) is 1. The molecule has 1 atom stereocenters. The Bertz CT molecular complexity index is 307. The summed E-state index contributed by atoms with van der Waals surface area (Å²) in [4.78, 5) is 24.0. The van der Waals surface area contributed by atoms with Crippen molar-refractivity contribution in [2.45, 2.75) is 31.7 Å². The van der Waals surface area contributed by atoms with Crippen LogP contribution >= 0.6 is 0 Å². The normalized spacial score (nSPS) is 26.1. The quantitative estimate of drug-likeness (QED) is 0.642. The topological polar surface area (TPSA) is 87.5 Å². The van der Waals surface area contributed by atoms with Gasteiger partial charge < -0.3 is 11.1 Å². The monoisotopic (exact) mass is 254 g/mol. The van der Waals surface area contributed by atoms with Gasteiger partial charge in [-0.05, 0) is 51.2 Å². The van der Waals surface area contributed by atoms with Crippen LogP contribution in [0.2, 0.25) is 0 Å². The lowest BCUT2D eigenvalue weighted by molar-refractivity contribution is -0.121. The van der Waals surface area contributed by atoms with Crippen molar-refractivity contribution in [3.63, 3.8) is 0 Å². The van der Waals surface area contributed by atoms with Gasteiger partial charge in [0, 0.05) is 6.04 Å². The molecule has 18 heavy (non-hydrogen) atoms. The van der Waals surface area contributed by atoms with Crippen molar-refractivity contribution in [2.75, 3.05) is 26.2 Å². The first kappa shape index (κ1) is 13.3. The van der Waals surface area contributed by atoms with Gasteiger partial charge in [0.1, 0.15) is 0 Å². The van der Waals surface area contributed by atoms with Crippen LogP contribution in [0.4, 0.5) is 4.79 Å². The number of carbonyl (C=O) groups is 2. The summed E-state index contributed by atoms with van der Waals surface area (Å²) >= 11 is 0. The molecule has 2 aliphatic rings. The average molecular weight is 254 g/mol. The van der Waals surface area contributed by atoms with Crippen LogP contribution < -0.4 is 16.4 Å². The van der Waals surface area contributed by atoms with E-state index in [2.05, 4.69) is 15.5 Å². The van der Waals surface area contributed by atoms with E-state index in [9.17, 15) is 9.59 Å². The number of piperidine rings is 1. The zero-order valence-electron chi connectivity index (χ0n) is 10.7. The van der Waals surface area contributed by atoms with Crippen molar-refractivity contribution >= 4 is 11.9 Å². The maximum Gasteiger partial charge on any atom is 0.318 e. The molecule has 2 rings (SSSR count). The van der Waals surface area contributed by atoms with Crippen molar-refractivity contribution in [1.29, 1.82) is 0 Å². The zero-order chi connectivity index (χ0) is 13.0. The Balaban J connectivity index is 1.69. The van der Waals surface area contributed by atoms with Gasteiger partial charge >= 0.3 is 6.03 Å². The highest BCUT2D eigenvalue weighted by molar-refractivity contribution is 5.94. The molecule has 2 saturated heterocycles. The van der Waals surface area contributed by atoms with Crippen LogP contribution in [0.1, 0.15) is 25.7 Å². The number of rotatable bonds is 3. The molecule has 0 aromatic carbocycles. The van der Waals surface area contributed by atoms with Crippen LogP contribution in [0.5, 0.6) is 0 Å². The van der Waals surface area contributed by atoms with Crippen LogP contribution in [-0.2, 0) is 4.79 Å². The molecular formula is C12H22N4O2. The number of hydrogen-bond acceptors (Lipinski definition) is 4. The van der Waals surface area contributed by atoms with E-state index in [4.69, 9.17) is 5.73 Å². The predicted molar refractivity (Wildman–Crippen MR) is 67.9 cm³/mol. The Kier molecular flexibility index (Phi) is 4.54. The van der Waals surface area contributed by atoms with Crippen LogP contribution in [0.3, 0.4) is 0 Å². The highest BCUT2D eigenvalue weighted by Gasteiger charge is 2.28. The van der Waals surface area contributed by atoms with Gasteiger partial charge in [-0.3, -0.25) is 15.0 Å².